The zero-order valence-electron chi connectivity index (χ0n) is 12.9. The second-order valence-electron chi connectivity index (χ2n) is 6.55. The zero-order valence-corrected chi connectivity index (χ0v) is 12.9. The van der Waals surface area contributed by atoms with Gasteiger partial charge in [0, 0.05) is 19.0 Å². The monoisotopic (exact) mass is 294 g/mol. The minimum atomic E-state index is -0.496. The summed E-state index contributed by atoms with van der Waals surface area (Å²) in [5, 5.41) is 0. The summed E-state index contributed by atoms with van der Waals surface area (Å²) in [7, 11) is 0. The lowest BCUT2D eigenvalue weighted by molar-refractivity contribution is 0.0198. The van der Waals surface area contributed by atoms with Crippen molar-refractivity contribution in [2.45, 2.75) is 45.1 Å². The summed E-state index contributed by atoms with van der Waals surface area (Å²) < 4.78 is 18.7. The summed E-state index contributed by atoms with van der Waals surface area (Å²) in [4.78, 5) is 13.9. The van der Waals surface area contributed by atoms with E-state index in [1.165, 1.54) is 6.07 Å². The average Bonchev–Trinajstić information content (AvgIpc) is 2.40. The Bertz CT molecular complexity index is 525. The number of halogens is 1. The second kappa shape index (κ2) is 5.92. The Kier molecular flexibility index (Phi) is 4.40. The highest BCUT2D eigenvalue weighted by atomic mass is 19.1. The van der Waals surface area contributed by atoms with Crippen molar-refractivity contribution in [3.8, 4) is 0 Å². The molecule has 0 aromatic heterocycles. The Morgan fingerprint density at radius 1 is 1.43 bits per heavy atom. The van der Waals surface area contributed by atoms with Gasteiger partial charge in [-0.1, -0.05) is 6.07 Å². The van der Waals surface area contributed by atoms with Gasteiger partial charge in [0.15, 0.2) is 0 Å². The molecule has 1 amide bonds. The van der Waals surface area contributed by atoms with Crippen molar-refractivity contribution >= 4 is 11.8 Å². The van der Waals surface area contributed by atoms with Crippen LogP contribution in [0.2, 0.25) is 0 Å². The number of piperidine rings is 1. The van der Waals surface area contributed by atoms with Gasteiger partial charge in [-0.15, -0.1) is 0 Å². The van der Waals surface area contributed by atoms with Gasteiger partial charge >= 0.3 is 6.09 Å². The summed E-state index contributed by atoms with van der Waals surface area (Å²) in [6, 6.07) is 4.80. The van der Waals surface area contributed by atoms with Crippen LogP contribution in [0.15, 0.2) is 18.2 Å². The van der Waals surface area contributed by atoms with Crippen molar-refractivity contribution in [3.05, 3.63) is 29.6 Å². The molecule has 1 unspecified atom stereocenters. The number of likely N-dealkylation sites (tertiary alicyclic amines) is 1. The van der Waals surface area contributed by atoms with Crippen LogP contribution in [-0.4, -0.2) is 29.7 Å². The summed E-state index contributed by atoms with van der Waals surface area (Å²) in [5.41, 5.74) is 6.26. The number of nitrogens with zero attached hydrogens (tertiary/aromatic N) is 1. The Hall–Kier alpha value is -1.78. The Morgan fingerprint density at radius 3 is 2.76 bits per heavy atom. The van der Waals surface area contributed by atoms with Crippen molar-refractivity contribution in [3.63, 3.8) is 0 Å². The maximum Gasteiger partial charge on any atom is 0.410 e. The van der Waals surface area contributed by atoms with Crippen LogP contribution >= 0.6 is 0 Å². The third kappa shape index (κ3) is 4.09. The molecule has 1 fully saturated rings. The summed E-state index contributed by atoms with van der Waals surface area (Å²) in [6.45, 7) is 6.84. The van der Waals surface area contributed by atoms with E-state index in [0.29, 0.717) is 13.1 Å². The van der Waals surface area contributed by atoms with Crippen LogP contribution in [0.5, 0.6) is 0 Å². The van der Waals surface area contributed by atoms with Gasteiger partial charge in [-0.05, 0) is 51.3 Å². The number of carbonyl (C=O) groups excluding carboxylic acids is 1. The third-order valence-corrected chi connectivity index (χ3v) is 3.56. The fraction of sp³-hybridized carbons (Fsp3) is 0.562. The highest BCUT2D eigenvalue weighted by Crippen LogP contribution is 2.29. The maximum absolute atomic E-state index is 13.2. The maximum atomic E-state index is 13.2. The highest BCUT2D eigenvalue weighted by Gasteiger charge is 2.28. The van der Waals surface area contributed by atoms with E-state index < -0.39 is 11.4 Å². The van der Waals surface area contributed by atoms with E-state index in [1.807, 2.05) is 20.8 Å². The molecule has 1 atom stereocenters. The minimum absolute atomic E-state index is 0.155. The Labute approximate surface area is 125 Å². The highest BCUT2D eigenvalue weighted by molar-refractivity contribution is 5.68. The first-order chi connectivity index (χ1) is 9.76. The van der Waals surface area contributed by atoms with E-state index >= 15 is 0 Å². The molecule has 1 aromatic carbocycles. The Morgan fingerprint density at radius 2 is 2.14 bits per heavy atom. The van der Waals surface area contributed by atoms with Crippen molar-refractivity contribution in [1.82, 2.24) is 4.90 Å². The van der Waals surface area contributed by atoms with E-state index in [9.17, 15) is 9.18 Å². The van der Waals surface area contributed by atoms with Gasteiger partial charge < -0.3 is 15.4 Å². The number of anilines is 1. The number of amides is 1. The van der Waals surface area contributed by atoms with Crippen LogP contribution in [0.25, 0.3) is 0 Å². The first-order valence-electron chi connectivity index (χ1n) is 7.29. The van der Waals surface area contributed by atoms with Crippen molar-refractivity contribution in [1.29, 1.82) is 0 Å². The number of hydrogen-bond acceptors (Lipinski definition) is 3. The standard InChI is InChI=1S/C16H23FN2O2/c1-16(2,3)21-15(20)19-8-4-5-12(10-19)11-6-7-13(17)14(18)9-11/h6-7,9,12H,4-5,8,10,18H2,1-3H3. The predicted molar refractivity (Wildman–Crippen MR) is 80.6 cm³/mol. The first-order valence-corrected chi connectivity index (χ1v) is 7.29. The third-order valence-electron chi connectivity index (χ3n) is 3.56. The van der Waals surface area contributed by atoms with Crippen LogP contribution in [0.4, 0.5) is 14.9 Å². The molecule has 0 aliphatic carbocycles. The van der Waals surface area contributed by atoms with Gasteiger partial charge in [0.2, 0.25) is 0 Å². The molecule has 0 spiro atoms. The van der Waals surface area contributed by atoms with Gasteiger partial charge in [0.05, 0.1) is 5.69 Å². The Balaban J connectivity index is 2.06. The number of carbonyl (C=O) groups is 1. The molecule has 1 heterocycles. The SMILES string of the molecule is CC(C)(C)OC(=O)N1CCCC(c2ccc(F)c(N)c2)C1. The van der Waals surface area contributed by atoms with E-state index in [4.69, 9.17) is 10.5 Å². The lowest BCUT2D eigenvalue weighted by Crippen LogP contribution is -2.42. The molecular weight excluding hydrogens is 271 g/mol. The second-order valence-corrected chi connectivity index (χ2v) is 6.55. The molecule has 1 aliphatic heterocycles. The summed E-state index contributed by atoms with van der Waals surface area (Å²) >= 11 is 0. The predicted octanol–water partition coefficient (Wildman–Crippen LogP) is 3.52. The molecule has 21 heavy (non-hydrogen) atoms. The summed E-state index contributed by atoms with van der Waals surface area (Å²) in [6.07, 6.45) is 1.58. The summed E-state index contributed by atoms with van der Waals surface area (Å²) in [5.74, 6) is -0.229. The number of hydrogen-bond donors (Lipinski definition) is 1. The van der Waals surface area contributed by atoms with Crippen LogP contribution in [0, 0.1) is 5.82 Å². The van der Waals surface area contributed by atoms with Crippen LogP contribution in [-0.2, 0) is 4.74 Å². The van der Waals surface area contributed by atoms with Crippen molar-refractivity contribution < 1.29 is 13.9 Å². The minimum Gasteiger partial charge on any atom is -0.444 e. The van der Waals surface area contributed by atoms with Crippen molar-refractivity contribution in [2.75, 3.05) is 18.8 Å². The lowest BCUT2D eigenvalue weighted by Gasteiger charge is -2.34. The average molecular weight is 294 g/mol. The fourth-order valence-corrected chi connectivity index (χ4v) is 2.56. The largest absolute Gasteiger partial charge is 0.444 e. The van der Waals surface area contributed by atoms with Gasteiger partial charge in [-0.25, -0.2) is 9.18 Å². The number of nitrogens with two attached hydrogens (primary N) is 1. The molecule has 5 heteroatoms. The molecule has 116 valence electrons. The first kappa shape index (κ1) is 15.6. The number of rotatable bonds is 1. The molecule has 1 saturated heterocycles. The molecule has 1 aliphatic rings. The van der Waals surface area contributed by atoms with Crippen molar-refractivity contribution in [2.24, 2.45) is 0 Å². The molecule has 4 nitrogen and oxygen atoms in total. The number of ether oxygens (including phenoxy) is 1. The van der Waals surface area contributed by atoms with E-state index in [2.05, 4.69) is 0 Å². The number of benzene rings is 1. The van der Waals surface area contributed by atoms with Gasteiger partial charge in [0.1, 0.15) is 11.4 Å². The van der Waals surface area contributed by atoms with E-state index in [1.54, 1.807) is 17.0 Å². The number of nitrogen functional groups attached to an aromatic ring is 1. The molecule has 0 saturated carbocycles. The topological polar surface area (TPSA) is 55.6 Å². The molecule has 0 bridgehead atoms. The molecule has 0 radical (unpaired) electrons. The molecule has 2 rings (SSSR count). The smallest absolute Gasteiger partial charge is 0.410 e. The van der Waals surface area contributed by atoms with E-state index in [-0.39, 0.29) is 17.7 Å². The quantitative estimate of drug-likeness (QED) is 0.806. The van der Waals surface area contributed by atoms with Crippen LogP contribution in [0.1, 0.15) is 45.1 Å². The molecule has 2 N–H and O–H groups in total. The van der Waals surface area contributed by atoms with Crippen LogP contribution < -0.4 is 5.73 Å². The molecule has 1 aromatic rings. The van der Waals surface area contributed by atoms with Crippen LogP contribution in [0.3, 0.4) is 0 Å². The lowest BCUT2D eigenvalue weighted by atomic mass is 9.90. The zero-order chi connectivity index (χ0) is 15.6. The molecular formula is C16H23FN2O2. The van der Waals surface area contributed by atoms with Gasteiger partial charge in [-0.3, -0.25) is 0 Å². The van der Waals surface area contributed by atoms with E-state index in [0.717, 1.165) is 18.4 Å². The van der Waals surface area contributed by atoms with Gasteiger partial charge in [-0.2, -0.15) is 0 Å². The van der Waals surface area contributed by atoms with Gasteiger partial charge in [0.25, 0.3) is 0 Å². The normalized spacial score (nSPS) is 19.4. The fourth-order valence-electron chi connectivity index (χ4n) is 2.56.